The summed E-state index contributed by atoms with van der Waals surface area (Å²) >= 11 is 0. The minimum Gasteiger partial charge on any atom is -0.449 e. The molecule has 0 radical (unpaired) electrons. The molecule has 0 atom stereocenters. The summed E-state index contributed by atoms with van der Waals surface area (Å²) in [6.45, 7) is 4.25. The Morgan fingerprint density at radius 3 is 2.53 bits per heavy atom. The van der Waals surface area contributed by atoms with Crippen LogP contribution >= 0.6 is 0 Å². The van der Waals surface area contributed by atoms with E-state index in [4.69, 9.17) is 5.11 Å². The van der Waals surface area contributed by atoms with Gasteiger partial charge in [0.1, 0.15) is 0 Å². The highest BCUT2D eigenvalue weighted by molar-refractivity contribution is 5.82. The minimum atomic E-state index is -1.54. The van der Waals surface area contributed by atoms with Gasteiger partial charge in [-0.05, 0) is 12.8 Å². The second-order valence-electron chi connectivity index (χ2n) is 4.25. The van der Waals surface area contributed by atoms with E-state index in [1.807, 2.05) is 4.90 Å². The third-order valence-corrected chi connectivity index (χ3v) is 2.99. The topological polar surface area (TPSA) is 66.8 Å². The summed E-state index contributed by atoms with van der Waals surface area (Å²) in [5.41, 5.74) is 0. The first-order valence-electron chi connectivity index (χ1n) is 5.92. The Balaban J connectivity index is 2.49. The van der Waals surface area contributed by atoms with Gasteiger partial charge >= 0.3 is 12.1 Å². The number of carbonyl (C=O) groups is 2. The van der Waals surface area contributed by atoms with E-state index in [9.17, 15) is 9.59 Å². The van der Waals surface area contributed by atoms with Crippen LogP contribution in [0.5, 0.6) is 0 Å². The number of nitrogens with zero attached hydrogens (tertiary/aromatic N) is 1. The van der Waals surface area contributed by atoms with Crippen LogP contribution in [-0.4, -0.2) is 41.3 Å². The van der Waals surface area contributed by atoms with Crippen molar-refractivity contribution >= 4 is 12.1 Å². The van der Waals surface area contributed by atoms with Crippen LogP contribution in [0.2, 0.25) is 0 Å². The van der Waals surface area contributed by atoms with Crippen LogP contribution in [0, 0.1) is 0 Å². The number of hydrogen-bond acceptors (Lipinski definition) is 4. The van der Waals surface area contributed by atoms with E-state index in [-0.39, 0.29) is 6.54 Å². The molecule has 0 saturated heterocycles. The van der Waals surface area contributed by atoms with Crippen LogP contribution in [0.4, 0.5) is 4.79 Å². The van der Waals surface area contributed by atoms with Crippen molar-refractivity contribution in [2.24, 2.45) is 0 Å². The summed E-state index contributed by atoms with van der Waals surface area (Å²) in [6.07, 6.45) is 5.83. The molecule has 0 bridgehead atoms. The second-order valence-corrected chi connectivity index (χ2v) is 4.25. The maximum absolute atomic E-state index is 11.3. The van der Waals surface area contributed by atoms with Gasteiger partial charge in [0.05, 0.1) is 6.54 Å². The monoisotopic (exact) mass is 241 g/mol. The summed E-state index contributed by atoms with van der Waals surface area (Å²) in [4.78, 5) is 23.5. The Hall–Kier alpha value is -1.36. The third-order valence-electron chi connectivity index (χ3n) is 2.99. The Labute approximate surface area is 101 Å². The van der Waals surface area contributed by atoms with Gasteiger partial charge < -0.3 is 9.84 Å². The van der Waals surface area contributed by atoms with Gasteiger partial charge in [0.25, 0.3) is 0 Å². The molecule has 5 heteroatoms. The summed E-state index contributed by atoms with van der Waals surface area (Å²) < 4.78 is 4.12. The molecule has 0 heterocycles. The standard InChI is InChI=1S/C12H19NO4/c1-2-8-13(9-11(14)17-12(15)16)10-6-4-3-5-7-10/h2,10H,1,3-9H2,(H,15,16). The predicted molar refractivity (Wildman–Crippen MR) is 62.8 cm³/mol. The number of esters is 1. The lowest BCUT2D eigenvalue weighted by atomic mass is 9.94. The van der Waals surface area contributed by atoms with Crippen LogP contribution < -0.4 is 0 Å². The normalized spacial score (nSPS) is 16.8. The maximum Gasteiger partial charge on any atom is 0.513 e. The van der Waals surface area contributed by atoms with Gasteiger partial charge in [0.2, 0.25) is 0 Å². The van der Waals surface area contributed by atoms with Crippen molar-refractivity contribution in [2.75, 3.05) is 13.1 Å². The zero-order valence-corrected chi connectivity index (χ0v) is 9.93. The fourth-order valence-electron chi connectivity index (χ4n) is 2.25. The van der Waals surface area contributed by atoms with Crippen LogP contribution in [0.1, 0.15) is 32.1 Å². The number of hydrogen-bond donors (Lipinski definition) is 1. The highest BCUT2D eigenvalue weighted by Gasteiger charge is 2.23. The van der Waals surface area contributed by atoms with E-state index >= 15 is 0 Å². The molecule has 0 aromatic rings. The number of ether oxygens (including phenoxy) is 1. The molecule has 1 N–H and O–H groups in total. The van der Waals surface area contributed by atoms with Gasteiger partial charge in [-0.3, -0.25) is 9.69 Å². The summed E-state index contributed by atoms with van der Waals surface area (Å²) in [6, 6.07) is 0.336. The minimum absolute atomic E-state index is 0.0169. The molecule has 0 unspecified atom stereocenters. The third kappa shape index (κ3) is 4.99. The van der Waals surface area contributed by atoms with Gasteiger partial charge in [-0.2, -0.15) is 0 Å². The van der Waals surface area contributed by atoms with Gasteiger partial charge in [-0.25, -0.2) is 4.79 Å². The molecule has 0 aromatic carbocycles. The largest absolute Gasteiger partial charge is 0.513 e. The molecule has 1 saturated carbocycles. The maximum atomic E-state index is 11.3. The lowest BCUT2D eigenvalue weighted by Crippen LogP contribution is -2.41. The first-order valence-corrected chi connectivity index (χ1v) is 5.92. The van der Waals surface area contributed by atoms with E-state index in [0.29, 0.717) is 12.6 Å². The summed E-state index contributed by atoms with van der Waals surface area (Å²) in [5, 5.41) is 8.36. The van der Waals surface area contributed by atoms with Crippen molar-refractivity contribution in [3.63, 3.8) is 0 Å². The summed E-state index contributed by atoms with van der Waals surface area (Å²) in [7, 11) is 0. The molecule has 1 aliphatic rings. The van der Waals surface area contributed by atoms with Crippen LogP contribution in [0.3, 0.4) is 0 Å². The number of carbonyl (C=O) groups excluding carboxylic acids is 1. The summed E-state index contributed by atoms with van der Waals surface area (Å²) in [5.74, 6) is -0.718. The predicted octanol–water partition coefficient (Wildman–Crippen LogP) is 2.03. The van der Waals surface area contributed by atoms with Gasteiger partial charge in [0.15, 0.2) is 0 Å². The smallest absolute Gasteiger partial charge is 0.449 e. The highest BCUT2D eigenvalue weighted by atomic mass is 16.7. The lowest BCUT2D eigenvalue weighted by Gasteiger charge is -2.32. The Kier molecular flexibility index (Phi) is 5.69. The van der Waals surface area contributed by atoms with Gasteiger partial charge in [0, 0.05) is 12.6 Å². The Morgan fingerprint density at radius 1 is 1.35 bits per heavy atom. The van der Waals surface area contributed by atoms with E-state index in [1.54, 1.807) is 6.08 Å². The Bertz CT molecular complexity index is 284. The van der Waals surface area contributed by atoms with Gasteiger partial charge in [-0.15, -0.1) is 6.58 Å². The SMILES string of the molecule is C=CCN(CC(=O)OC(=O)O)C1CCCCC1. The molecular weight excluding hydrogens is 222 g/mol. The first kappa shape index (κ1) is 13.7. The number of rotatable bonds is 5. The molecule has 0 aromatic heterocycles. The van der Waals surface area contributed by atoms with Crippen LogP contribution in [0.15, 0.2) is 12.7 Å². The molecule has 0 aliphatic heterocycles. The first-order chi connectivity index (χ1) is 8.13. The lowest BCUT2D eigenvalue weighted by molar-refractivity contribution is -0.140. The average molecular weight is 241 g/mol. The second kappa shape index (κ2) is 7.06. The quantitative estimate of drug-likeness (QED) is 0.453. The molecular formula is C12H19NO4. The molecule has 0 spiro atoms. The Morgan fingerprint density at radius 2 is 2.00 bits per heavy atom. The van der Waals surface area contributed by atoms with Crippen molar-refractivity contribution < 1.29 is 19.4 Å². The molecule has 0 amide bonds. The molecule has 1 fully saturated rings. The highest BCUT2D eigenvalue weighted by Crippen LogP contribution is 2.22. The molecule has 5 nitrogen and oxygen atoms in total. The van der Waals surface area contributed by atoms with E-state index in [0.717, 1.165) is 25.7 Å². The molecule has 96 valence electrons. The van der Waals surface area contributed by atoms with Crippen LogP contribution in [0.25, 0.3) is 0 Å². The molecule has 1 aliphatic carbocycles. The zero-order valence-electron chi connectivity index (χ0n) is 9.93. The molecule has 1 rings (SSSR count). The van der Waals surface area contributed by atoms with E-state index < -0.39 is 12.1 Å². The fraction of sp³-hybridized carbons (Fsp3) is 0.667. The van der Waals surface area contributed by atoms with Gasteiger partial charge in [-0.1, -0.05) is 25.3 Å². The van der Waals surface area contributed by atoms with Crippen molar-refractivity contribution in [3.8, 4) is 0 Å². The van der Waals surface area contributed by atoms with Crippen molar-refractivity contribution in [3.05, 3.63) is 12.7 Å². The van der Waals surface area contributed by atoms with Crippen molar-refractivity contribution in [1.29, 1.82) is 0 Å². The number of carboxylic acid groups (broad SMARTS) is 1. The molecule has 17 heavy (non-hydrogen) atoms. The zero-order chi connectivity index (χ0) is 12.7. The van der Waals surface area contributed by atoms with E-state index in [1.165, 1.54) is 6.42 Å². The van der Waals surface area contributed by atoms with Crippen molar-refractivity contribution in [2.45, 2.75) is 38.1 Å². The van der Waals surface area contributed by atoms with Crippen molar-refractivity contribution in [1.82, 2.24) is 4.90 Å². The average Bonchev–Trinajstić information content (AvgIpc) is 2.28. The van der Waals surface area contributed by atoms with E-state index in [2.05, 4.69) is 11.3 Å². The van der Waals surface area contributed by atoms with Crippen LogP contribution in [-0.2, 0) is 9.53 Å². The fourth-order valence-corrected chi connectivity index (χ4v) is 2.25.